The quantitative estimate of drug-likeness (QED) is 0.783. The minimum absolute atomic E-state index is 0.148. The minimum Gasteiger partial charge on any atom is -0.481 e. The molecule has 0 unspecified atom stereocenters. The van der Waals surface area contributed by atoms with Gasteiger partial charge in [-0.1, -0.05) is 0 Å². The summed E-state index contributed by atoms with van der Waals surface area (Å²) in [4.78, 5) is 32.6. The van der Waals surface area contributed by atoms with Gasteiger partial charge in [-0.3, -0.25) is 9.59 Å². The van der Waals surface area contributed by atoms with Gasteiger partial charge in [0.05, 0.1) is 12.1 Å². The van der Waals surface area contributed by atoms with Crippen LogP contribution in [-0.2, 0) is 9.59 Å². The molecule has 6 nitrogen and oxygen atoms in total. The van der Waals surface area contributed by atoms with Gasteiger partial charge in [0.1, 0.15) is 5.82 Å². The highest BCUT2D eigenvalue weighted by Gasteiger charge is 2.14. The van der Waals surface area contributed by atoms with Gasteiger partial charge in [0, 0.05) is 28.2 Å². The fourth-order valence-corrected chi connectivity index (χ4v) is 1.24. The van der Waals surface area contributed by atoms with Gasteiger partial charge in [-0.15, -0.1) is 0 Å². The Hall–Kier alpha value is -2.31. The van der Waals surface area contributed by atoms with Crippen molar-refractivity contribution in [2.24, 2.45) is 0 Å². The second-order valence-corrected chi connectivity index (χ2v) is 3.60. The van der Waals surface area contributed by atoms with E-state index in [1.54, 1.807) is 0 Å². The number of halogens is 1. The fourth-order valence-electron chi connectivity index (χ4n) is 1.24. The van der Waals surface area contributed by atoms with Gasteiger partial charge >= 0.3 is 5.97 Å². The number of amides is 1. The molecule has 18 heavy (non-hydrogen) atoms. The normalized spacial score (nSPS) is 9.89. The van der Waals surface area contributed by atoms with E-state index in [0.29, 0.717) is 4.76 Å². The topological polar surface area (TPSA) is 86.5 Å². The number of carboxylic acid groups (broad SMARTS) is 1. The van der Waals surface area contributed by atoms with Crippen LogP contribution in [0.1, 0.15) is 12.8 Å². The first kappa shape index (κ1) is 13.8. The summed E-state index contributed by atoms with van der Waals surface area (Å²) < 4.78 is 13.9. The van der Waals surface area contributed by atoms with Gasteiger partial charge in [0.2, 0.25) is 5.91 Å². The molecule has 0 aliphatic heterocycles. The molecular weight excluding hydrogens is 243 g/mol. The van der Waals surface area contributed by atoms with E-state index >= 15 is 0 Å². The van der Waals surface area contributed by atoms with E-state index in [-0.39, 0.29) is 24.2 Å². The van der Waals surface area contributed by atoms with Crippen molar-refractivity contribution >= 4 is 23.3 Å². The number of hydrogen-bond donors (Lipinski definition) is 2. The van der Waals surface area contributed by atoms with Crippen molar-refractivity contribution in [1.82, 2.24) is 0 Å². The van der Waals surface area contributed by atoms with Crippen LogP contribution in [-0.4, -0.2) is 28.8 Å². The minimum atomic E-state index is -1.11. The van der Waals surface area contributed by atoms with Crippen LogP contribution >= 0.6 is 0 Å². The molecule has 0 saturated carbocycles. The van der Waals surface area contributed by atoms with E-state index in [1.165, 1.54) is 19.2 Å². The Kier molecular flexibility index (Phi) is 4.47. The van der Waals surface area contributed by atoms with Crippen LogP contribution in [0.3, 0.4) is 0 Å². The average molecular weight is 255 g/mol. The molecule has 1 amide bonds. The molecule has 0 saturated heterocycles. The molecule has 2 N–H and O–H groups in total. The number of rotatable bonds is 5. The molecule has 1 aromatic rings. The Labute approximate surface area is 102 Å². The number of carbonyl (C=O) groups excluding carboxylic acids is 1. The molecule has 7 heteroatoms. The van der Waals surface area contributed by atoms with Crippen LogP contribution in [0, 0.1) is 10.7 Å². The molecule has 0 aromatic heterocycles. The Morgan fingerprint density at radius 2 is 2.06 bits per heavy atom. The lowest BCUT2D eigenvalue weighted by Crippen LogP contribution is -2.14. The second-order valence-electron chi connectivity index (χ2n) is 3.60. The molecule has 0 aliphatic rings. The maximum Gasteiger partial charge on any atom is 0.303 e. The van der Waals surface area contributed by atoms with Crippen molar-refractivity contribution in [3.05, 3.63) is 28.9 Å². The molecule has 96 valence electrons. The lowest BCUT2D eigenvalue weighted by Gasteiger charge is -2.05. The molecule has 0 atom stereocenters. The Morgan fingerprint density at radius 3 is 2.61 bits per heavy atom. The van der Waals surface area contributed by atoms with Crippen molar-refractivity contribution in [3.63, 3.8) is 0 Å². The van der Waals surface area contributed by atoms with Crippen LogP contribution in [0.15, 0.2) is 18.2 Å². The van der Waals surface area contributed by atoms with E-state index in [9.17, 15) is 18.9 Å². The van der Waals surface area contributed by atoms with Crippen LogP contribution in [0.2, 0.25) is 0 Å². The molecule has 0 heterocycles. The third-order valence-corrected chi connectivity index (χ3v) is 2.15. The second kappa shape index (κ2) is 5.85. The summed E-state index contributed by atoms with van der Waals surface area (Å²) in [6, 6.07) is 3.51. The Morgan fingerprint density at radius 1 is 1.39 bits per heavy atom. The van der Waals surface area contributed by atoms with Crippen molar-refractivity contribution in [2.75, 3.05) is 12.4 Å². The number of carboxylic acids is 1. The van der Waals surface area contributed by atoms with E-state index in [1.807, 2.05) is 0 Å². The standard InChI is InChI=1S/C11H11FN2O4/c1-14(18)7-2-3-8(12)9(6-7)13-10(15)4-5-11(16)17/h2-3,6H,4-5H2,1H3,(H-,13,15,16,17)/p+1. The number of hydrogen-bond acceptors (Lipinski definition) is 3. The van der Waals surface area contributed by atoms with Crippen LogP contribution < -0.4 is 5.32 Å². The highest BCUT2D eigenvalue weighted by atomic mass is 19.1. The molecule has 0 fully saturated rings. The molecule has 0 aliphatic carbocycles. The van der Waals surface area contributed by atoms with Gasteiger partial charge in [0.25, 0.3) is 5.69 Å². The van der Waals surface area contributed by atoms with Crippen molar-refractivity contribution in [1.29, 1.82) is 0 Å². The van der Waals surface area contributed by atoms with Crippen molar-refractivity contribution in [2.45, 2.75) is 12.8 Å². The van der Waals surface area contributed by atoms with Crippen LogP contribution in [0.25, 0.3) is 0 Å². The molecule has 0 spiro atoms. The number of benzene rings is 1. The van der Waals surface area contributed by atoms with Gasteiger partial charge in [-0.2, -0.15) is 0 Å². The number of carbonyl (C=O) groups is 2. The smallest absolute Gasteiger partial charge is 0.303 e. The molecular formula is C11H12FN2O4+. The lowest BCUT2D eigenvalue weighted by molar-refractivity contribution is -0.428. The number of nitrogens with zero attached hydrogens (tertiary/aromatic N) is 1. The zero-order valence-corrected chi connectivity index (χ0v) is 9.64. The molecule has 1 rings (SSSR count). The maximum absolute atomic E-state index is 13.3. The van der Waals surface area contributed by atoms with Crippen molar-refractivity contribution in [3.8, 4) is 0 Å². The third kappa shape index (κ3) is 3.93. The van der Waals surface area contributed by atoms with Crippen LogP contribution in [0.4, 0.5) is 15.8 Å². The number of nitrogens with one attached hydrogen (secondary N) is 1. The highest BCUT2D eigenvalue weighted by molar-refractivity contribution is 5.92. The average Bonchev–Trinajstić information content (AvgIpc) is 2.29. The predicted molar refractivity (Wildman–Crippen MR) is 61.1 cm³/mol. The first-order valence-electron chi connectivity index (χ1n) is 5.12. The zero-order chi connectivity index (χ0) is 13.7. The van der Waals surface area contributed by atoms with Gasteiger partial charge < -0.3 is 10.4 Å². The number of aliphatic carboxylic acids is 1. The highest BCUT2D eigenvalue weighted by Crippen LogP contribution is 2.21. The first-order valence-corrected chi connectivity index (χ1v) is 5.12. The summed E-state index contributed by atoms with van der Waals surface area (Å²) in [5, 5.41) is 10.6. The summed E-state index contributed by atoms with van der Waals surface area (Å²) >= 11 is 0. The monoisotopic (exact) mass is 255 g/mol. The zero-order valence-electron chi connectivity index (χ0n) is 9.64. The van der Waals surface area contributed by atoms with E-state index < -0.39 is 17.7 Å². The summed E-state index contributed by atoms with van der Waals surface area (Å²) in [6.07, 6.45) is -0.596. The molecule has 1 aromatic carbocycles. The molecule has 0 radical (unpaired) electrons. The Bertz CT molecular complexity index is 502. The van der Waals surface area contributed by atoms with E-state index in [0.717, 1.165) is 6.07 Å². The summed E-state index contributed by atoms with van der Waals surface area (Å²) in [7, 11) is 1.24. The van der Waals surface area contributed by atoms with E-state index in [4.69, 9.17) is 5.11 Å². The SMILES string of the molecule is C[N+](=O)c1ccc(F)c(NC(=O)CCC(=O)O)c1. The van der Waals surface area contributed by atoms with Crippen LogP contribution in [0.5, 0.6) is 0 Å². The largest absolute Gasteiger partial charge is 0.481 e. The number of anilines is 1. The van der Waals surface area contributed by atoms with Gasteiger partial charge in [0.15, 0.2) is 7.05 Å². The Balaban J connectivity index is 2.77. The summed E-state index contributed by atoms with van der Waals surface area (Å²) in [5.41, 5.74) is 0.0375. The fraction of sp³-hybridized carbons (Fsp3) is 0.273. The maximum atomic E-state index is 13.3. The molecule has 0 bridgehead atoms. The first-order chi connectivity index (χ1) is 8.40. The summed E-state index contributed by atoms with van der Waals surface area (Å²) in [6.45, 7) is 0. The number of nitroso groups, excluding NO2 is 1. The predicted octanol–water partition coefficient (Wildman–Crippen LogP) is 1.67. The van der Waals surface area contributed by atoms with Crippen molar-refractivity contribution < 1.29 is 23.8 Å². The lowest BCUT2D eigenvalue weighted by atomic mass is 10.2. The summed E-state index contributed by atoms with van der Waals surface area (Å²) in [5.74, 6) is -2.43. The third-order valence-electron chi connectivity index (χ3n) is 2.15. The van der Waals surface area contributed by atoms with Gasteiger partial charge in [-0.25, -0.2) is 4.39 Å². The van der Waals surface area contributed by atoms with E-state index in [2.05, 4.69) is 5.32 Å². The van der Waals surface area contributed by atoms with Gasteiger partial charge in [-0.05, 0) is 6.07 Å².